The van der Waals surface area contributed by atoms with Crippen molar-refractivity contribution in [3.8, 4) is 0 Å². The smallest absolute Gasteiger partial charge is 0.274 e. The molecule has 2 aliphatic rings. The van der Waals surface area contributed by atoms with Crippen LogP contribution in [0.1, 0.15) is 33.9 Å². The van der Waals surface area contributed by atoms with Crippen molar-refractivity contribution < 1.29 is 4.79 Å². The van der Waals surface area contributed by atoms with Gasteiger partial charge in [0.1, 0.15) is 5.69 Å². The molecule has 0 bridgehead atoms. The quantitative estimate of drug-likeness (QED) is 0.896. The molecular weight excluding hydrogens is 294 g/mol. The second-order valence-corrected chi connectivity index (χ2v) is 6.50. The van der Waals surface area contributed by atoms with E-state index in [1.807, 2.05) is 6.92 Å². The molecule has 0 spiro atoms. The number of H-pyrrole nitrogens is 1. The number of rotatable bonds is 3. The first kappa shape index (κ1) is 14.2. The molecule has 23 heavy (non-hydrogen) atoms. The number of carbonyl (C=O) groups excluding carboxylic acids is 1. The summed E-state index contributed by atoms with van der Waals surface area (Å²) in [6.07, 6.45) is 3.01. The molecule has 1 aliphatic carbocycles. The summed E-state index contributed by atoms with van der Waals surface area (Å²) in [5.74, 6) is 0.225. The summed E-state index contributed by atoms with van der Waals surface area (Å²) < 4.78 is 1.56. The monoisotopic (exact) mass is 313 g/mol. The van der Waals surface area contributed by atoms with Gasteiger partial charge in [-0.15, -0.1) is 0 Å². The number of likely N-dealkylation sites (tertiary alicyclic amines) is 1. The standard InChI is InChI=1S/C16H19N5O2/c1-10-5-14(18-17-10)16(23)20-7-11(8-20)9-21-15(22)6-12-3-2-4-13(12)19-21/h5-6,11H,2-4,7-9H2,1H3,(H,17,18). The van der Waals surface area contributed by atoms with Crippen LogP contribution in [0.4, 0.5) is 0 Å². The Morgan fingerprint density at radius 1 is 1.35 bits per heavy atom. The predicted molar refractivity (Wildman–Crippen MR) is 83.2 cm³/mol. The molecule has 3 heterocycles. The van der Waals surface area contributed by atoms with Gasteiger partial charge in [-0.2, -0.15) is 10.2 Å². The fraction of sp³-hybridized carbons (Fsp3) is 0.500. The number of amides is 1. The number of aryl methyl sites for hydroxylation is 3. The molecule has 0 atom stereocenters. The SMILES string of the molecule is Cc1cc(C(=O)N2CC(Cn3nc4c(cc3=O)CCC4)C2)n[nH]1. The first-order valence-corrected chi connectivity index (χ1v) is 8.01. The fourth-order valence-electron chi connectivity index (χ4n) is 3.36. The summed E-state index contributed by atoms with van der Waals surface area (Å²) in [5.41, 5.74) is 3.46. The average Bonchev–Trinajstić information content (AvgIpc) is 3.10. The first-order chi connectivity index (χ1) is 11.1. The van der Waals surface area contributed by atoms with Crippen LogP contribution in [-0.2, 0) is 19.4 Å². The molecule has 4 rings (SSSR count). The van der Waals surface area contributed by atoms with Gasteiger partial charge >= 0.3 is 0 Å². The summed E-state index contributed by atoms with van der Waals surface area (Å²) >= 11 is 0. The third kappa shape index (κ3) is 2.56. The minimum Gasteiger partial charge on any atom is -0.336 e. The van der Waals surface area contributed by atoms with Crippen LogP contribution in [0.2, 0.25) is 0 Å². The van der Waals surface area contributed by atoms with Gasteiger partial charge in [0.15, 0.2) is 0 Å². The van der Waals surface area contributed by atoms with E-state index in [-0.39, 0.29) is 17.4 Å². The summed E-state index contributed by atoms with van der Waals surface area (Å²) in [4.78, 5) is 26.1. The zero-order valence-corrected chi connectivity index (χ0v) is 13.1. The molecule has 7 nitrogen and oxygen atoms in total. The topological polar surface area (TPSA) is 83.9 Å². The van der Waals surface area contributed by atoms with Gasteiger partial charge in [-0.3, -0.25) is 14.7 Å². The average molecular weight is 313 g/mol. The lowest BCUT2D eigenvalue weighted by molar-refractivity contribution is 0.0452. The van der Waals surface area contributed by atoms with Crippen molar-refractivity contribution in [1.82, 2.24) is 24.9 Å². The van der Waals surface area contributed by atoms with Crippen molar-refractivity contribution in [2.24, 2.45) is 5.92 Å². The number of nitrogens with one attached hydrogen (secondary N) is 1. The highest BCUT2D eigenvalue weighted by Crippen LogP contribution is 2.21. The van der Waals surface area contributed by atoms with Crippen molar-refractivity contribution in [2.75, 3.05) is 13.1 Å². The Hall–Kier alpha value is -2.44. The first-order valence-electron chi connectivity index (χ1n) is 8.01. The van der Waals surface area contributed by atoms with Crippen molar-refractivity contribution in [3.63, 3.8) is 0 Å². The number of hydrogen-bond donors (Lipinski definition) is 1. The van der Waals surface area contributed by atoms with Gasteiger partial charge in [-0.1, -0.05) is 0 Å². The molecule has 0 radical (unpaired) electrons. The molecule has 0 unspecified atom stereocenters. The summed E-state index contributed by atoms with van der Waals surface area (Å²) in [5, 5.41) is 11.3. The molecule has 0 saturated carbocycles. The number of fused-ring (bicyclic) bond motifs is 1. The van der Waals surface area contributed by atoms with Crippen LogP contribution in [0.3, 0.4) is 0 Å². The van der Waals surface area contributed by atoms with Crippen LogP contribution in [0.25, 0.3) is 0 Å². The second kappa shape index (κ2) is 5.33. The molecule has 0 aromatic carbocycles. The molecule has 1 N–H and O–H groups in total. The van der Waals surface area contributed by atoms with E-state index in [1.165, 1.54) is 0 Å². The Bertz CT molecular complexity index is 816. The molecule has 2 aromatic rings. The molecule has 1 amide bonds. The Morgan fingerprint density at radius 2 is 2.17 bits per heavy atom. The molecular formula is C16H19N5O2. The van der Waals surface area contributed by atoms with E-state index in [1.54, 1.807) is 21.7 Å². The normalized spacial score (nSPS) is 17.2. The van der Waals surface area contributed by atoms with Crippen LogP contribution in [0.15, 0.2) is 16.9 Å². The van der Waals surface area contributed by atoms with Gasteiger partial charge in [0.05, 0.1) is 12.2 Å². The number of aromatic nitrogens is 4. The minimum atomic E-state index is -0.0557. The van der Waals surface area contributed by atoms with Crippen LogP contribution in [-0.4, -0.2) is 43.9 Å². The third-order valence-corrected chi connectivity index (χ3v) is 4.62. The lowest BCUT2D eigenvalue weighted by Gasteiger charge is -2.38. The van der Waals surface area contributed by atoms with Crippen molar-refractivity contribution in [2.45, 2.75) is 32.7 Å². The predicted octanol–water partition coefficient (Wildman–Crippen LogP) is 0.536. The van der Waals surface area contributed by atoms with Crippen LogP contribution >= 0.6 is 0 Å². The lowest BCUT2D eigenvalue weighted by Crippen LogP contribution is -2.52. The summed E-state index contributed by atoms with van der Waals surface area (Å²) in [6.45, 7) is 3.75. The summed E-state index contributed by atoms with van der Waals surface area (Å²) in [6, 6.07) is 3.48. The largest absolute Gasteiger partial charge is 0.336 e. The third-order valence-electron chi connectivity index (χ3n) is 4.62. The lowest BCUT2D eigenvalue weighted by atomic mass is 9.99. The molecule has 1 saturated heterocycles. The molecule has 1 aliphatic heterocycles. The van der Waals surface area contributed by atoms with E-state index in [0.29, 0.717) is 25.3 Å². The molecule has 7 heteroatoms. The van der Waals surface area contributed by atoms with E-state index < -0.39 is 0 Å². The number of aromatic amines is 1. The zero-order chi connectivity index (χ0) is 16.0. The van der Waals surface area contributed by atoms with Gasteiger partial charge in [0.25, 0.3) is 11.5 Å². The zero-order valence-electron chi connectivity index (χ0n) is 13.1. The van der Waals surface area contributed by atoms with E-state index in [0.717, 1.165) is 36.2 Å². The van der Waals surface area contributed by atoms with E-state index >= 15 is 0 Å². The van der Waals surface area contributed by atoms with Crippen LogP contribution in [0, 0.1) is 12.8 Å². The maximum Gasteiger partial charge on any atom is 0.274 e. The highest BCUT2D eigenvalue weighted by molar-refractivity contribution is 5.92. The Morgan fingerprint density at radius 3 is 2.91 bits per heavy atom. The minimum absolute atomic E-state index is 0.0293. The second-order valence-electron chi connectivity index (χ2n) is 6.50. The van der Waals surface area contributed by atoms with Gasteiger partial charge in [0.2, 0.25) is 0 Å². The van der Waals surface area contributed by atoms with Gasteiger partial charge in [0, 0.05) is 30.8 Å². The number of hydrogen-bond acceptors (Lipinski definition) is 4. The number of nitrogens with zero attached hydrogens (tertiary/aromatic N) is 4. The molecule has 1 fully saturated rings. The summed E-state index contributed by atoms with van der Waals surface area (Å²) in [7, 11) is 0. The Kier molecular flexibility index (Phi) is 3.28. The fourth-order valence-corrected chi connectivity index (χ4v) is 3.36. The van der Waals surface area contributed by atoms with E-state index in [2.05, 4.69) is 15.3 Å². The highest BCUT2D eigenvalue weighted by Gasteiger charge is 2.33. The van der Waals surface area contributed by atoms with Crippen LogP contribution < -0.4 is 5.56 Å². The van der Waals surface area contributed by atoms with E-state index in [4.69, 9.17) is 0 Å². The van der Waals surface area contributed by atoms with Gasteiger partial charge in [-0.05, 0) is 37.8 Å². The highest BCUT2D eigenvalue weighted by atomic mass is 16.2. The number of carbonyl (C=O) groups is 1. The Balaban J connectivity index is 1.40. The maximum atomic E-state index is 12.2. The van der Waals surface area contributed by atoms with Crippen molar-refractivity contribution >= 4 is 5.91 Å². The van der Waals surface area contributed by atoms with E-state index in [9.17, 15) is 9.59 Å². The van der Waals surface area contributed by atoms with Crippen molar-refractivity contribution in [3.05, 3.63) is 45.1 Å². The van der Waals surface area contributed by atoms with Crippen LogP contribution in [0.5, 0.6) is 0 Å². The van der Waals surface area contributed by atoms with Gasteiger partial charge in [-0.25, -0.2) is 4.68 Å². The Labute approximate surface area is 133 Å². The van der Waals surface area contributed by atoms with Gasteiger partial charge < -0.3 is 4.90 Å². The molecule has 120 valence electrons. The van der Waals surface area contributed by atoms with Crippen molar-refractivity contribution in [1.29, 1.82) is 0 Å². The molecule has 2 aromatic heterocycles. The maximum absolute atomic E-state index is 12.2.